The molecule has 0 aromatic carbocycles. The molecule has 0 amide bonds. The Kier molecular flexibility index (Phi) is 227. The predicted molar refractivity (Wildman–Crippen MR) is 18.5 cm³/mol. The maximum Gasteiger partial charge on any atom is 0 e. The van der Waals surface area contributed by atoms with Gasteiger partial charge in [-0.1, -0.05) is 0 Å². The molecule has 0 unspecified atom stereocenters. The third kappa shape index (κ3) is 22.8. The van der Waals surface area contributed by atoms with Crippen molar-refractivity contribution in [3.05, 3.63) is 0 Å². The van der Waals surface area contributed by atoms with Gasteiger partial charge in [-0.05, 0) is 0 Å². The molecule has 0 bridgehead atoms. The summed E-state index contributed by atoms with van der Waals surface area (Å²) >= 11 is 0. The summed E-state index contributed by atoms with van der Waals surface area (Å²) in [6.45, 7) is 0. The summed E-state index contributed by atoms with van der Waals surface area (Å²) in [5.41, 5.74) is 0. The van der Waals surface area contributed by atoms with E-state index in [1.165, 1.54) is 0 Å². The zero-order valence-electron chi connectivity index (χ0n) is 2.81. The van der Waals surface area contributed by atoms with Crippen LogP contribution in [-0.2, 0) is 86.0 Å². The van der Waals surface area contributed by atoms with Crippen molar-refractivity contribution in [2.75, 3.05) is 0 Å². The van der Waals surface area contributed by atoms with Gasteiger partial charge in [-0.2, -0.15) is 0 Å². The number of rotatable bonds is 0. The van der Waals surface area contributed by atoms with Gasteiger partial charge in [-0.25, -0.2) is 0 Å². The molecular weight excluding hydrogens is 733 g/mol. The standard InChI is InChI=1S/Ba.Bi.Nb.Ta.Ti.Zn.5H. The minimum atomic E-state index is 0. The Balaban J connectivity index is 0. The SMILES string of the molecule is [BaH2].[BiH3].[Nb].[Ta].[Ti].[Zn]. The number of hydrogen-bond acceptors (Lipinski definition) is 0. The second-order valence-corrected chi connectivity index (χ2v) is 0. The van der Waals surface area contributed by atoms with Gasteiger partial charge >= 0.3 is 75.1 Å². The van der Waals surface area contributed by atoms with Crippen LogP contribution in [0.1, 0.15) is 0 Å². The zero-order chi connectivity index (χ0) is 0. The molecule has 0 atom stereocenters. The fraction of sp³-hybridized carbons (Fsp3) is 0. The summed E-state index contributed by atoms with van der Waals surface area (Å²) in [7, 11) is 0. The Morgan fingerprint density at radius 1 is 1.00 bits per heavy atom. The van der Waals surface area contributed by atoms with Crippen LogP contribution in [0.15, 0.2) is 0 Å². The first-order chi connectivity index (χ1) is 0. The van der Waals surface area contributed by atoms with Crippen molar-refractivity contribution < 1.29 is 86.0 Å². The largest absolute Gasteiger partial charge is 0 e. The molecule has 0 aliphatic carbocycles. The summed E-state index contributed by atoms with van der Waals surface area (Å²) < 4.78 is 0. The molecule has 0 N–H and O–H groups in total. The Morgan fingerprint density at radius 3 is 1.00 bits per heavy atom. The van der Waals surface area contributed by atoms with Crippen molar-refractivity contribution in [1.29, 1.82) is 0 Å². The van der Waals surface area contributed by atoms with Crippen LogP contribution in [0.3, 0.4) is 0 Å². The summed E-state index contributed by atoms with van der Waals surface area (Å²) in [4.78, 5) is 0. The summed E-state index contributed by atoms with van der Waals surface area (Å²) in [6, 6.07) is 0. The Bertz CT molecular complexity index is 15.5. The van der Waals surface area contributed by atoms with E-state index < -0.39 is 0 Å². The molecule has 0 aromatic heterocycles. The van der Waals surface area contributed by atoms with Crippen LogP contribution in [0.5, 0.6) is 0 Å². The van der Waals surface area contributed by atoms with Crippen LogP contribution in [0.25, 0.3) is 0 Å². The first kappa shape index (κ1) is 42.8. The summed E-state index contributed by atoms with van der Waals surface area (Å²) in [5.74, 6) is 0. The normalized spacial score (nSPS) is 0. The van der Waals surface area contributed by atoms with Crippen molar-refractivity contribution >= 4 is 75.1 Å². The van der Waals surface area contributed by atoms with Gasteiger partial charge in [-0.3, -0.25) is 0 Å². The molecule has 0 rings (SSSR count). The molecule has 2 radical (unpaired) electrons. The van der Waals surface area contributed by atoms with Gasteiger partial charge in [0.2, 0.25) is 0 Å². The molecule has 6 heteroatoms. The van der Waals surface area contributed by atoms with E-state index in [9.17, 15) is 0 Å². The molecule has 0 aliphatic rings. The summed E-state index contributed by atoms with van der Waals surface area (Å²) in [5, 5.41) is 0. The molecule has 0 aromatic rings. The zero-order valence-corrected chi connectivity index (χ0v) is 18.2. The molecule has 0 nitrogen and oxygen atoms in total. The van der Waals surface area contributed by atoms with Gasteiger partial charge in [0.05, 0.1) is 0 Å². The van der Waals surface area contributed by atoms with Crippen molar-refractivity contribution in [2.24, 2.45) is 0 Å². The second-order valence-electron chi connectivity index (χ2n) is 0. The minimum Gasteiger partial charge on any atom is 0 e. The average Bonchev–Trinajstić information content (AvgIpc) is 0. The maximum absolute atomic E-state index is 0. The van der Waals surface area contributed by atoms with Gasteiger partial charge in [0.1, 0.15) is 0 Å². The van der Waals surface area contributed by atoms with Crippen LogP contribution in [-0.4, -0.2) is 75.1 Å². The third-order valence-corrected chi connectivity index (χ3v) is 0. The van der Waals surface area contributed by atoms with Crippen LogP contribution < -0.4 is 0 Å². The van der Waals surface area contributed by atoms with Crippen molar-refractivity contribution in [2.45, 2.75) is 0 Å². The molecule has 6 heavy (non-hydrogen) atoms. The average molecular weight is 738 g/mol. The smallest absolute Gasteiger partial charge is 0 e. The maximum atomic E-state index is 0. The molecule has 0 spiro atoms. The van der Waals surface area contributed by atoms with E-state index in [1.54, 1.807) is 0 Å². The molecule has 0 aliphatic heterocycles. The fourth-order valence-electron chi connectivity index (χ4n) is 0. The van der Waals surface area contributed by atoms with E-state index >= 15 is 0 Å². The second kappa shape index (κ2) is 31.8. The van der Waals surface area contributed by atoms with E-state index in [0.717, 1.165) is 0 Å². The van der Waals surface area contributed by atoms with Crippen LogP contribution in [0.2, 0.25) is 0 Å². The van der Waals surface area contributed by atoms with E-state index in [2.05, 4.69) is 0 Å². The van der Waals surface area contributed by atoms with Crippen molar-refractivity contribution in [3.63, 3.8) is 0 Å². The molecule has 28 valence electrons. The van der Waals surface area contributed by atoms with Gasteiger partial charge in [0.25, 0.3) is 0 Å². The molecule has 0 saturated heterocycles. The van der Waals surface area contributed by atoms with E-state index in [0.29, 0.717) is 0 Å². The topological polar surface area (TPSA) is 0 Å². The third-order valence-electron chi connectivity index (χ3n) is 0. The summed E-state index contributed by atoms with van der Waals surface area (Å²) in [6.07, 6.45) is 0. The molecule has 0 saturated carbocycles. The number of hydrogen-bond donors (Lipinski definition) is 0. The van der Waals surface area contributed by atoms with Crippen LogP contribution in [0.4, 0.5) is 0 Å². The van der Waals surface area contributed by atoms with Crippen LogP contribution >= 0.6 is 0 Å². The molecule has 0 fully saturated rings. The predicted octanol–water partition coefficient (Wildman–Crippen LogP) is -2.11. The van der Waals surface area contributed by atoms with Gasteiger partial charge in [-0.15, -0.1) is 0 Å². The Labute approximate surface area is 156 Å². The Hall–Kier alpha value is 5.27. The van der Waals surface area contributed by atoms with Crippen molar-refractivity contribution in [1.82, 2.24) is 0 Å². The van der Waals surface area contributed by atoms with Gasteiger partial charge in [0.15, 0.2) is 0 Å². The quantitative estimate of drug-likeness (QED) is 0.250. The van der Waals surface area contributed by atoms with E-state index in [1.807, 2.05) is 0 Å². The first-order valence-electron chi connectivity index (χ1n) is 0. The van der Waals surface area contributed by atoms with Crippen LogP contribution in [0, 0.1) is 0 Å². The van der Waals surface area contributed by atoms with Crippen molar-refractivity contribution in [3.8, 4) is 0 Å². The van der Waals surface area contributed by atoms with E-state index in [-0.39, 0.29) is 161 Å². The van der Waals surface area contributed by atoms with E-state index in [4.69, 9.17) is 0 Å². The van der Waals surface area contributed by atoms with Gasteiger partial charge < -0.3 is 0 Å². The van der Waals surface area contributed by atoms with Gasteiger partial charge in [0, 0.05) is 86.0 Å². The minimum absolute atomic E-state index is 0. The fourth-order valence-corrected chi connectivity index (χ4v) is 0. The molecule has 0 heterocycles. The molecular formula is H5BaBiNbTaTiZn. The first-order valence-corrected chi connectivity index (χ1v) is 0. The Morgan fingerprint density at radius 2 is 1.00 bits per heavy atom. The monoisotopic (exact) mass is 738 g/mol.